The smallest absolute Gasteiger partial charge is 0.272 e. The van der Waals surface area contributed by atoms with Gasteiger partial charge in [0.2, 0.25) is 20.0 Å². The Morgan fingerprint density at radius 2 is 0.959 bits per heavy atom. The number of nitrogens with one attached hydrogen (secondary N) is 2. The lowest BCUT2D eigenvalue weighted by Gasteiger charge is -2.41. The van der Waals surface area contributed by atoms with E-state index >= 15 is 0 Å². The van der Waals surface area contributed by atoms with Gasteiger partial charge in [0.15, 0.2) is 23.0 Å². The van der Waals surface area contributed by atoms with Gasteiger partial charge in [-0.1, -0.05) is 24.3 Å². The minimum absolute atomic E-state index is 0.00000339. The molecule has 0 amide bonds. The van der Waals surface area contributed by atoms with Crippen LogP contribution in [-0.2, 0) is 20.0 Å². The topological polar surface area (TPSA) is 154 Å². The van der Waals surface area contributed by atoms with E-state index in [4.69, 9.17) is 28.4 Å². The zero-order chi connectivity index (χ0) is 53.0. The van der Waals surface area contributed by atoms with E-state index in [0.717, 1.165) is 114 Å². The molecule has 14 nitrogen and oxygen atoms in total. The van der Waals surface area contributed by atoms with Crippen molar-refractivity contribution < 1.29 is 58.4 Å². The maximum Gasteiger partial charge on any atom is 0.272 e. The first-order valence-electron chi connectivity index (χ1n) is 25.9. The van der Waals surface area contributed by atoms with Crippen LogP contribution >= 0.6 is 0 Å². The summed E-state index contributed by atoms with van der Waals surface area (Å²) in [6, 6.07) is 22.4. The van der Waals surface area contributed by atoms with Crippen LogP contribution in [0.3, 0.4) is 0 Å². The van der Waals surface area contributed by atoms with Gasteiger partial charge in [0.05, 0.1) is 44.3 Å². The third-order valence-electron chi connectivity index (χ3n) is 15.0. The molecule has 4 fully saturated rings. The number of hydrogen-bond acceptors (Lipinski definition) is 12. The molecule has 4 aliphatic rings. The number of sulfonamides is 2. The predicted octanol–water partition coefficient (Wildman–Crippen LogP) is 9.92. The Morgan fingerprint density at radius 1 is 0.527 bits per heavy atom. The molecule has 0 spiro atoms. The zero-order valence-electron chi connectivity index (χ0n) is 43.6. The van der Waals surface area contributed by atoms with Gasteiger partial charge in [-0.25, -0.2) is 39.5 Å². The first-order chi connectivity index (χ1) is 35.5. The van der Waals surface area contributed by atoms with E-state index in [-0.39, 0.29) is 39.7 Å². The molecule has 0 unspecified atom stereocenters. The molecule has 19 heteroatoms. The number of rotatable bonds is 19. The van der Waals surface area contributed by atoms with Gasteiger partial charge < -0.3 is 38.2 Å². The van der Waals surface area contributed by atoms with E-state index < -0.39 is 33.1 Å². The molecule has 2 saturated heterocycles. The van der Waals surface area contributed by atoms with E-state index in [0.29, 0.717) is 52.5 Å². The Kier molecular flexibility index (Phi) is 20.2. The number of nitrogens with zero attached hydrogens (tertiary/aromatic N) is 2. The average molecular weight is 1070 g/mol. The summed E-state index contributed by atoms with van der Waals surface area (Å²) in [5, 5.41) is 0. The Labute approximate surface area is 436 Å². The first-order valence-corrected chi connectivity index (χ1v) is 28.9. The van der Waals surface area contributed by atoms with Crippen LogP contribution < -0.4 is 37.9 Å². The second-order valence-electron chi connectivity index (χ2n) is 20.0. The normalized spacial score (nSPS) is 21.7. The van der Waals surface area contributed by atoms with Crippen molar-refractivity contribution in [3.05, 3.63) is 95.8 Å². The van der Waals surface area contributed by atoms with Crippen molar-refractivity contribution >= 4 is 20.0 Å². The van der Waals surface area contributed by atoms with E-state index in [1.165, 1.54) is 64.8 Å². The van der Waals surface area contributed by atoms with Crippen molar-refractivity contribution in [2.45, 2.75) is 149 Å². The molecule has 0 atom stereocenters. The van der Waals surface area contributed by atoms with Gasteiger partial charge in [0.25, 0.3) is 6.43 Å². The Hall–Kier alpha value is -4.79. The summed E-state index contributed by atoms with van der Waals surface area (Å²) < 4.78 is 129. The quantitative estimate of drug-likeness (QED) is 0.0919. The van der Waals surface area contributed by atoms with Crippen molar-refractivity contribution in [1.82, 2.24) is 19.2 Å². The highest BCUT2D eigenvalue weighted by Crippen LogP contribution is 2.39. The monoisotopic (exact) mass is 1070 g/mol. The molecule has 0 aromatic heterocycles. The van der Waals surface area contributed by atoms with Crippen LogP contribution in [0.1, 0.15) is 114 Å². The van der Waals surface area contributed by atoms with Gasteiger partial charge in [-0.15, -0.1) is 0 Å². The standard InChI is InChI=1S/C28H39FN2O5S.C27H36F2N2O5S/c1-19(2)36-27-17-21(29)5-11-25(27)20-13-15-31(16-14-20)23-8-6-22(7-9-23)30-37(32,33)24-10-12-26(34-3)28(18-24)35-4;1-34-25-12-11-22(17-26(25)35-2)37(32,33)30-20-7-9-21(10-8-20)31-15-13-19(14-16-31)23-5-3-4-6-24(23)36-18-27(28)29/h5,10-12,17-20,22-23,30H,6-9,13-16H2,1-4H3;3-6,11-12,17,19-21,27,30H,7-10,13-16,18H2,1-2H3. The molecule has 2 N–H and O–H groups in total. The maximum absolute atomic E-state index is 13.8. The number of methoxy groups -OCH3 is 4. The highest BCUT2D eigenvalue weighted by atomic mass is 32.2. The molecule has 0 radical (unpaired) electrons. The molecule has 4 aromatic rings. The molecular weight excluding hydrogens is 998 g/mol. The molecule has 2 saturated carbocycles. The van der Waals surface area contributed by atoms with Crippen LogP contribution in [0.15, 0.2) is 88.7 Å². The molecule has 2 aliphatic carbocycles. The minimum Gasteiger partial charge on any atom is -0.493 e. The number of alkyl halides is 2. The number of halogens is 3. The number of ether oxygens (including phenoxy) is 6. The minimum atomic E-state index is -3.67. The van der Waals surface area contributed by atoms with Crippen LogP contribution in [0, 0.1) is 5.82 Å². The molecule has 4 aromatic carbocycles. The van der Waals surface area contributed by atoms with Crippen LogP contribution in [0.5, 0.6) is 34.5 Å². The fourth-order valence-electron chi connectivity index (χ4n) is 11.1. The summed E-state index contributed by atoms with van der Waals surface area (Å²) in [5.41, 5.74) is 2.11. The lowest BCUT2D eigenvalue weighted by atomic mass is 9.85. The van der Waals surface area contributed by atoms with Crippen molar-refractivity contribution in [1.29, 1.82) is 0 Å². The molecule has 0 bridgehead atoms. The van der Waals surface area contributed by atoms with Crippen LogP contribution in [0.25, 0.3) is 0 Å². The number of benzene rings is 4. The molecule has 8 rings (SSSR count). The number of piperidine rings is 2. The summed E-state index contributed by atoms with van der Waals surface area (Å²) in [6.45, 7) is 7.16. The summed E-state index contributed by atoms with van der Waals surface area (Å²) in [4.78, 5) is 5.38. The fraction of sp³-hybridized carbons (Fsp3) is 0.564. The van der Waals surface area contributed by atoms with E-state index in [9.17, 15) is 30.0 Å². The predicted molar refractivity (Wildman–Crippen MR) is 279 cm³/mol. The van der Waals surface area contributed by atoms with Crippen LogP contribution in [0.4, 0.5) is 13.2 Å². The summed E-state index contributed by atoms with van der Waals surface area (Å²) >= 11 is 0. The van der Waals surface area contributed by atoms with Gasteiger partial charge in [-0.05, 0) is 176 Å². The van der Waals surface area contributed by atoms with E-state index in [2.05, 4.69) is 19.2 Å². The van der Waals surface area contributed by atoms with Crippen LogP contribution in [-0.4, -0.2) is 125 Å². The van der Waals surface area contributed by atoms with Crippen molar-refractivity contribution in [3.8, 4) is 34.5 Å². The molecular formula is C55H75F3N4O10S2. The zero-order valence-corrected chi connectivity index (χ0v) is 45.2. The van der Waals surface area contributed by atoms with Gasteiger partial charge in [-0.3, -0.25) is 0 Å². The maximum atomic E-state index is 13.8. The third kappa shape index (κ3) is 15.0. The van der Waals surface area contributed by atoms with Gasteiger partial charge >= 0.3 is 0 Å². The summed E-state index contributed by atoms with van der Waals surface area (Å²) in [6.07, 6.45) is 8.36. The third-order valence-corrected chi connectivity index (χ3v) is 18.0. The average Bonchev–Trinajstić information content (AvgIpc) is 3.40. The Bertz CT molecular complexity index is 2650. The van der Waals surface area contributed by atoms with Gasteiger partial charge in [0.1, 0.15) is 23.9 Å². The van der Waals surface area contributed by atoms with E-state index in [1.807, 2.05) is 38.1 Å². The lowest BCUT2D eigenvalue weighted by Crippen LogP contribution is -2.46. The Balaban J connectivity index is 0.000000216. The molecule has 408 valence electrons. The van der Waals surface area contributed by atoms with Gasteiger partial charge in [0, 0.05) is 42.4 Å². The van der Waals surface area contributed by atoms with Crippen LogP contribution in [0.2, 0.25) is 0 Å². The number of hydrogen-bond donors (Lipinski definition) is 2. The summed E-state index contributed by atoms with van der Waals surface area (Å²) in [5.74, 6) is 3.34. The largest absolute Gasteiger partial charge is 0.493 e. The Morgan fingerprint density at radius 3 is 1.38 bits per heavy atom. The van der Waals surface area contributed by atoms with Crippen molar-refractivity contribution in [2.24, 2.45) is 0 Å². The number of likely N-dealkylation sites (tertiary alicyclic amines) is 2. The highest BCUT2D eigenvalue weighted by Gasteiger charge is 2.34. The number of para-hydroxylation sites is 1. The molecule has 2 aliphatic heterocycles. The summed E-state index contributed by atoms with van der Waals surface area (Å²) in [7, 11) is -1.32. The lowest BCUT2D eigenvalue weighted by molar-refractivity contribution is 0.0802. The van der Waals surface area contributed by atoms with Gasteiger partial charge in [-0.2, -0.15) is 0 Å². The highest BCUT2D eigenvalue weighted by molar-refractivity contribution is 7.89. The first kappa shape index (κ1) is 56.9. The fourth-order valence-corrected chi connectivity index (χ4v) is 13.8. The van der Waals surface area contributed by atoms with E-state index in [1.54, 1.807) is 18.2 Å². The molecule has 74 heavy (non-hydrogen) atoms. The molecule has 2 heterocycles. The van der Waals surface area contributed by atoms with Crippen molar-refractivity contribution in [3.63, 3.8) is 0 Å². The second kappa shape index (κ2) is 26.3. The van der Waals surface area contributed by atoms with Crippen molar-refractivity contribution in [2.75, 3.05) is 61.2 Å². The second-order valence-corrected chi connectivity index (χ2v) is 23.4. The SMILES string of the molecule is COc1ccc(S(=O)(=O)NC2CCC(N3CCC(c4ccc(F)cc4OC(C)C)CC3)CC2)cc1OC.COc1ccc(S(=O)(=O)NC2CCC(N3CCC(c4ccccc4OCC(F)F)CC3)CC2)cc1OC.